The van der Waals surface area contributed by atoms with Crippen LogP contribution in [0.1, 0.15) is 74.1 Å². The van der Waals surface area contributed by atoms with Crippen LogP contribution in [0.2, 0.25) is 0 Å². The highest BCUT2D eigenvalue weighted by Gasteiger charge is 2.34. The molecule has 0 aromatic rings. The molecule has 0 saturated heterocycles. The van der Waals surface area contributed by atoms with Crippen molar-refractivity contribution < 1.29 is 34.4 Å². The average Bonchev–Trinajstić information content (AvgIpc) is 2.91. The highest BCUT2D eigenvalue weighted by molar-refractivity contribution is 5.82. The molecule has 0 amide bonds. The summed E-state index contributed by atoms with van der Waals surface area (Å²) in [6.07, 6.45) is 14.2. The lowest BCUT2D eigenvalue weighted by atomic mass is 9.82. The number of carbonyl (C=O) groups excluding carboxylic acids is 2. The molecule has 1 heterocycles. The van der Waals surface area contributed by atoms with Crippen molar-refractivity contribution in [3.63, 3.8) is 0 Å². The second-order valence-corrected chi connectivity index (χ2v) is 12.0. The molecule has 0 aliphatic carbocycles. The molecular weight excluding hydrogens is 520 g/mol. The minimum Gasteiger partial charge on any atom is -0.462 e. The quantitative estimate of drug-likeness (QED) is 0.224. The summed E-state index contributed by atoms with van der Waals surface area (Å²) >= 11 is 0. The van der Waals surface area contributed by atoms with Crippen molar-refractivity contribution in [2.45, 2.75) is 105 Å². The van der Waals surface area contributed by atoms with Gasteiger partial charge in [-0.15, -0.1) is 0 Å². The van der Waals surface area contributed by atoms with Crippen LogP contribution in [0.3, 0.4) is 0 Å². The van der Waals surface area contributed by atoms with Crippen LogP contribution >= 0.6 is 0 Å². The molecule has 7 heteroatoms. The Morgan fingerprint density at radius 1 is 1.02 bits per heavy atom. The Hall–Kier alpha value is -2.48. The largest absolute Gasteiger partial charge is 0.462 e. The summed E-state index contributed by atoms with van der Waals surface area (Å²) in [5.41, 5.74) is 0. The predicted octanol–water partition coefficient (Wildman–Crippen LogP) is 5.71. The molecule has 41 heavy (non-hydrogen) atoms. The summed E-state index contributed by atoms with van der Waals surface area (Å²) in [4.78, 5) is 24.9. The van der Waals surface area contributed by atoms with E-state index in [2.05, 4.69) is 13.5 Å². The maximum absolute atomic E-state index is 12.8. The Labute approximate surface area is 247 Å². The van der Waals surface area contributed by atoms with Gasteiger partial charge in [-0.2, -0.15) is 0 Å². The molecule has 0 aromatic carbocycles. The first-order valence-electron chi connectivity index (χ1n) is 15.0. The Morgan fingerprint density at radius 2 is 1.71 bits per heavy atom. The molecule has 1 aliphatic rings. The van der Waals surface area contributed by atoms with E-state index in [1.165, 1.54) is 13.0 Å². The van der Waals surface area contributed by atoms with E-state index in [0.29, 0.717) is 6.42 Å². The minimum atomic E-state index is -0.845. The number of aliphatic hydroxyl groups is 3. The number of rotatable bonds is 4. The molecular formula is C34H54O7. The van der Waals surface area contributed by atoms with Gasteiger partial charge in [0.25, 0.3) is 0 Å². The van der Waals surface area contributed by atoms with Gasteiger partial charge >= 0.3 is 11.9 Å². The summed E-state index contributed by atoms with van der Waals surface area (Å²) in [6.45, 7) is 16.9. The van der Waals surface area contributed by atoms with Gasteiger partial charge in [0, 0.05) is 43.1 Å². The number of ether oxygens (including phenoxy) is 2. The lowest BCUT2D eigenvalue weighted by Gasteiger charge is -2.33. The van der Waals surface area contributed by atoms with E-state index in [1.54, 1.807) is 36.5 Å². The zero-order chi connectivity index (χ0) is 31.1. The number of cyclic esters (lactones) is 1. The van der Waals surface area contributed by atoms with Crippen molar-refractivity contribution in [2.24, 2.45) is 35.5 Å². The molecule has 0 radical (unpaired) electrons. The van der Waals surface area contributed by atoms with Crippen molar-refractivity contribution in [1.82, 2.24) is 0 Å². The Kier molecular flexibility index (Phi) is 16.8. The van der Waals surface area contributed by atoms with Crippen LogP contribution in [-0.2, 0) is 19.1 Å². The third-order valence-corrected chi connectivity index (χ3v) is 8.07. The first-order valence-corrected chi connectivity index (χ1v) is 15.0. The monoisotopic (exact) mass is 574 g/mol. The lowest BCUT2D eigenvalue weighted by Crippen LogP contribution is -2.39. The van der Waals surface area contributed by atoms with Crippen LogP contribution in [0.25, 0.3) is 0 Å². The molecule has 11 atom stereocenters. The van der Waals surface area contributed by atoms with Crippen LogP contribution in [0.4, 0.5) is 0 Å². The number of hydrogen-bond acceptors (Lipinski definition) is 7. The van der Waals surface area contributed by atoms with Gasteiger partial charge in [0.1, 0.15) is 12.2 Å². The number of esters is 2. The van der Waals surface area contributed by atoms with Gasteiger partial charge in [-0.05, 0) is 31.1 Å². The summed E-state index contributed by atoms with van der Waals surface area (Å²) in [5.74, 6) is -1.53. The van der Waals surface area contributed by atoms with Crippen molar-refractivity contribution in [2.75, 3.05) is 0 Å². The third-order valence-electron chi connectivity index (χ3n) is 8.07. The normalized spacial score (nSPS) is 38.4. The molecule has 1 aliphatic heterocycles. The maximum Gasteiger partial charge on any atom is 0.331 e. The first-order chi connectivity index (χ1) is 19.3. The van der Waals surface area contributed by atoms with Crippen molar-refractivity contribution in [3.8, 4) is 0 Å². The second-order valence-electron chi connectivity index (χ2n) is 12.0. The van der Waals surface area contributed by atoms with Gasteiger partial charge in [0.15, 0.2) is 0 Å². The van der Waals surface area contributed by atoms with Crippen molar-refractivity contribution in [3.05, 3.63) is 61.3 Å². The zero-order valence-electron chi connectivity index (χ0n) is 26.1. The molecule has 0 unspecified atom stereocenters. The van der Waals surface area contributed by atoms with E-state index >= 15 is 0 Å². The topological polar surface area (TPSA) is 113 Å². The molecule has 0 bridgehead atoms. The van der Waals surface area contributed by atoms with Crippen LogP contribution < -0.4 is 0 Å². The highest BCUT2D eigenvalue weighted by Crippen LogP contribution is 2.30. The summed E-state index contributed by atoms with van der Waals surface area (Å²) in [5, 5.41) is 31.9. The maximum atomic E-state index is 12.8. The Morgan fingerprint density at radius 3 is 2.34 bits per heavy atom. The van der Waals surface area contributed by atoms with Crippen molar-refractivity contribution in [1.29, 1.82) is 0 Å². The van der Waals surface area contributed by atoms with Gasteiger partial charge in [0.2, 0.25) is 0 Å². The highest BCUT2D eigenvalue weighted by atomic mass is 16.6. The molecule has 0 fully saturated rings. The van der Waals surface area contributed by atoms with E-state index in [4.69, 9.17) is 9.47 Å². The smallest absolute Gasteiger partial charge is 0.331 e. The number of hydrogen-bond donors (Lipinski definition) is 3. The van der Waals surface area contributed by atoms with Gasteiger partial charge in [-0.3, -0.25) is 4.79 Å². The molecule has 0 saturated carbocycles. The Balaban J connectivity index is 3.34. The SMILES string of the molecule is C=C/C=C\[C@H](C)[C@@H]1OC(=O)/C=C\C=C\[C@@H](C)[C@@H](O)C[C@H](O)/C=C\[C@H](C)[C@H](O)[C@@H](C)C[C@@H](C)CC[C@@H](OC(C)=O)[C@@H]1C. The van der Waals surface area contributed by atoms with Gasteiger partial charge < -0.3 is 24.8 Å². The van der Waals surface area contributed by atoms with Crippen LogP contribution in [0, 0.1) is 35.5 Å². The number of carbonyl (C=O) groups is 2. The standard InChI is InChI=1S/C34H54O7/c1-9-10-13-25(5)34-27(7)31(40-28(8)35)19-16-22(2)20-26(6)33(39)24(4)17-18-29(36)21-30(37)23(3)14-11-12-15-32(38)41-34/h9-15,17-18,22-27,29-31,33-34,36-37,39H,1,16,19-21H2,2-8H3/b13-10-,14-11+,15-12-,18-17-/t22-,23+,24-,25-,26-,27-,29+,30-,31+,33-,34-/m0/s1. The average molecular weight is 575 g/mol. The fourth-order valence-corrected chi connectivity index (χ4v) is 5.40. The number of allylic oxidation sites excluding steroid dienone is 4. The van der Waals surface area contributed by atoms with E-state index < -0.39 is 36.5 Å². The molecule has 0 spiro atoms. The minimum absolute atomic E-state index is 0.00422. The fourth-order valence-electron chi connectivity index (χ4n) is 5.40. The number of aliphatic hydroxyl groups excluding tert-OH is 3. The predicted molar refractivity (Wildman–Crippen MR) is 164 cm³/mol. The van der Waals surface area contributed by atoms with Crippen LogP contribution in [0.15, 0.2) is 61.3 Å². The van der Waals surface area contributed by atoms with Gasteiger partial charge in [-0.1, -0.05) is 96.7 Å². The van der Waals surface area contributed by atoms with E-state index in [-0.39, 0.29) is 47.9 Å². The van der Waals surface area contributed by atoms with E-state index in [9.17, 15) is 24.9 Å². The molecule has 7 nitrogen and oxygen atoms in total. The first kappa shape index (κ1) is 36.5. The lowest BCUT2D eigenvalue weighted by molar-refractivity contribution is -0.159. The van der Waals surface area contributed by atoms with Crippen LogP contribution in [0.5, 0.6) is 0 Å². The third kappa shape index (κ3) is 13.8. The summed E-state index contributed by atoms with van der Waals surface area (Å²) in [6, 6.07) is 0. The van der Waals surface area contributed by atoms with Crippen molar-refractivity contribution >= 4 is 11.9 Å². The molecule has 1 rings (SSSR count). The second kappa shape index (κ2) is 18.9. The Bertz CT molecular complexity index is 920. The van der Waals surface area contributed by atoms with Gasteiger partial charge in [0.05, 0.1) is 18.3 Å². The molecule has 3 N–H and O–H groups in total. The summed E-state index contributed by atoms with van der Waals surface area (Å²) < 4.78 is 11.7. The van der Waals surface area contributed by atoms with E-state index in [0.717, 1.165) is 12.8 Å². The zero-order valence-corrected chi connectivity index (χ0v) is 26.1. The fraction of sp³-hybridized carbons (Fsp3) is 0.647. The summed E-state index contributed by atoms with van der Waals surface area (Å²) in [7, 11) is 0. The van der Waals surface area contributed by atoms with Gasteiger partial charge in [-0.25, -0.2) is 4.79 Å². The molecule has 0 aromatic heterocycles. The molecule has 232 valence electrons. The van der Waals surface area contributed by atoms with Crippen LogP contribution in [-0.4, -0.2) is 57.8 Å². The van der Waals surface area contributed by atoms with E-state index in [1.807, 2.05) is 46.8 Å².